The molecule has 0 bridgehead atoms. The summed E-state index contributed by atoms with van der Waals surface area (Å²) in [5.41, 5.74) is 3.47. The minimum absolute atomic E-state index is 0.670. The fourth-order valence-electron chi connectivity index (χ4n) is 0.539. The molecule has 0 fully saturated rings. The lowest BCUT2D eigenvalue weighted by atomic mass is 10.2. The molecule has 1 nitrogen and oxygen atoms in total. The van der Waals surface area contributed by atoms with Gasteiger partial charge in [-0.15, -0.1) is 18.9 Å². The molecule has 0 aromatic heterocycles. The molecule has 0 saturated carbocycles. The first kappa shape index (κ1) is 25.2. The van der Waals surface area contributed by atoms with Crippen LogP contribution >= 0.6 is 11.6 Å². The highest BCUT2D eigenvalue weighted by Gasteiger charge is 1.95. The molecule has 102 valence electrons. The van der Waals surface area contributed by atoms with Gasteiger partial charge in [0.2, 0.25) is 0 Å². The Morgan fingerprint density at radius 3 is 1.35 bits per heavy atom. The summed E-state index contributed by atoms with van der Waals surface area (Å²) in [4.78, 5) is 0. The first-order chi connectivity index (χ1) is 7.95. The van der Waals surface area contributed by atoms with Gasteiger partial charge in [-0.05, 0) is 17.4 Å². The highest BCUT2D eigenvalue weighted by molar-refractivity contribution is 6.25. The maximum Gasteiger partial charge on any atom is 0.0489 e. The minimum Gasteiger partial charge on any atom is -0.381 e. The Balaban J connectivity index is -0.0000000879. The quantitative estimate of drug-likeness (QED) is 0.483. The van der Waals surface area contributed by atoms with Gasteiger partial charge in [0.1, 0.15) is 0 Å². The third-order valence-corrected chi connectivity index (χ3v) is 0.902. The van der Waals surface area contributed by atoms with Crippen LogP contribution in [0.3, 0.4) is 0 Å². The number of ether oxygens (including phenoxy) is 1. The molecule has 0 unspecified atom stereocenters. The van der Waals surface area contributed by atoms with Crippen LogP contribution in [0.4, 0.5) is 0 Å². The lowest BCUT2D eigenvalue weighted by molar-refractivity contribution is 0.0886. The van der Waals surface area contributed by atoms with Crippen LogP contribution in [-0.2, 0) is 4.74 Å². The standard InChI is InChI=1S/C8H18O.C3H4.C2H3Cl.C2H4/c1-7(2)5-9-6-8(3)4;1-3-2;1-2-3;1-2/h7-8H,5-6H2,1-4H3;1-2H2;2H,1H2;1-2H2. The second-order valence-electron chi connectivity index (χ2n) is 3.73. The molecular formula is C15H29ClO. The molecule has 0 N–H and O–H groups in total. The van der Waals surface area contributed by atoms with Crippen molar-refractivity contribution < 1.29 is 4.74 Å². The van der Waals surface area contributed by atoms with Crippen molar-refractivity contribution in [3.05, 3.63) is 44.2 Å². The molecule has 0 rings (SSSR count). The topological polar surface area (TPSA) is 9.23 Å². The second kappa shape index (κ2) is 29.5. The number of rotatable bonds is 4. The summed E-state index contributed by atoms with van der Waals surface area (Å²) in [6.07, 6.45) is 0. The SMILES string of the molecule is C=C.C=C=C.C=CCl.CC(C)COCC(C)C. The fraction of sp³-hybridized carbons (Fsp3) is 0.533. The van der Waals surface area contributed by atoms with Crippen LogP contribution in [0.25, 0.3) is 0 Å². The van der Waals surface area contributed by atoms with Crippen LogP contribution in [0.1, 0.15) is 27.7 Å². The van der Waals surface area contributed by atoms with Crippen LogP contribution in [0.15, 0.2) is 44.2 Å². The molecule has 0 spiro atoms. The highest BCUT2D eigenvalue weighted by Crippen LogP contribution is 1.96. The normalized spacial score (nSPS) is 7.47. The van der Waals surface area contributed by atoms with Crippen LogP contribution in [0.5, 0.6) is 0 Å². The fourth-order valence-corrected chi connectivity index (χ4v) is 0.539. The Hall–Kier alpha value is -0.750. The molecule has 0 aromatic carbocycles. The molecule has 0 aliphatic rings. The Morgan fingerprint density at radius 1 is 1.06 bits per heavy atom. The van der Waals surface area contributed by atoms with Crippen molar-refractivity contribution in [2.24, 2.45) is 11.8 Å². The summed E-state index contributed by atoms with van der Waals surface area (Å²) in [6.45, 7) is 25.8. The Labute approximate surface area is 114 Å². The highest BCUT2D eigenvalue weighted by atomic mass is 35.5. The van der Waals surface area contributed by atoms with E-state index in [1.165, 1.54) is 5.54 Å². The van der Waals surface area contributed by atoms with E-state index in [4.69, 9.17) is 16.3 Å². The molecule has 0 heterocycles. The van der Waals surface area contributed by atoms with Gasteiger partial charge in [0.25, 0.3) is 0 Å². The van der Waals surface area contributed by atoms with Crippen molar-refractivity contribution >= 4 is 11.6 Å². The number of hydrogen-bond acceptors (Lipinski definition) is 1. The zero-order valence-electron chi connectivity index (χ0n) is 12.0. The zero-order chi connectivity index (χ0) is 14.7. The molecule has 0 aliphatic carbocycles. The second-order valence-corrected chi connectivity index (χ2v) is 4.04. The summed E-state index contributed by atoms with van der Waals surface area (Å²) >= 11 is 4.76. The van der Waals surface area contributed by atoms with E-state index in [9.17, 15) is 0 Å². The molecule has 0 aromatic rings. The van der Waals surface area contributed by atoms with E-state index in [0.29, 0.717) is 11.8 Å². The predicted molar refractivity (Wildman–Crippen MR) is 82.6 cm³/mol. The lowest BCUT2D eigenvalue weighted by Gasteiger charge is -2.07. The van der Waals surface area contributed by atoms with Gasteiger partial charge in [-0.3, -0.25) is 0 Å². The van der Waals surface area contributed by atoms with Gasteiger partial charge in [-0.2, -0.15) is 0 Å². The van der Waals surface area contributed by atoms with E-state index in [1.807, 2.05) is 0 Å². The van der Waals surface area contributed by atoms with E-state index in [0.717, 1.165) is 13.2 Å². The third kappa shape index (κ3) is 97.1. The number of hydrogen-bond donors (Lipinski definition) is 0. The molecule has 0 amide bonds. The average Bonchev–Trinajstić information content (AvgIpc) is 2.22. The molecular weight excluding hydrogens is 232 g/mol. The number of halogens is 1. The summed E-state index contributed by atoms with van der Waals surface area (Å²) in [7, 11) is 0. The first-order valence-electron chi connectivity index (χ1n) is 5.54. The summed E-state index contributed by atoms with van der Waals surface area (Å²) in [5.74, 6) is 1.34. The van der Waals surface area contributed by atoms with Crippen LogP contribution in [0, 0.1) is 11.8 Å². The van der Waals surface area contributed by atoms with Crippen LogP contribution in [-0.4, -0.2) is 13.2 Å². The van der Waals surface area contributed by atoms with Gasteiger partial charge in [0, 0.05) is 13.2 Å². The molecule has 2 heteroatoms. The smallest absolute Gasteiger partial charge is 0.0489 e. The van der Waals surface area contributed by atoms with Crippen molar-refractivity contribution in [1.82, 2.24) is 0 Å². The van der Waals surface area contributed by atoms with Crippen molar-refractivity contribution in [3.63, 3.8) is 0 Å². The largest absolute Gasteiger partial charge is 0.381 e. The van der Waals surface area contributed by atoms with E-state index >= 15 is 0 Å². The van der Waals surface area contributed by atoms with Crippen molar-refractivity contribution in [3.8, 4) is 0 Å². The van der Waals surface area contributed by atoms with E-state index in [2.05, 4.69) is 66.3 Å². The van der Waals surface area contributed by atoms with Crippen LogP contribution < -0.4 is 0 Å². The lowest BCUT2D eigenvalue weighted by Crippen LogP contribution is -2.06. The molecule has 17 heavy (non-hydrogen) atoms. The van der Waals surface area contributed by atoms with Crippen LogP contribution in [0.2, 0.25) is 0 Å². The van der Waals surface area contributed by atoms with Gasteiger partial charge >= 0.3 is 0 Å². The molecule has 0 atom stereocenters. The van der Waals surface area contributed by atoms with E-state index in [1.54, 1.807) is 0 Å². The maximum atomic E-state index is 5.36. The van der Waals surface area contributed by atoms with Crippen molar-refractivity contribution in [1.29, 1.82) is 0 Å². The van der Waals surface area contributed by atoms with Crippen molar-refractivity contribution in [2.45, 2.75) is 27.7 Å². The average molecular weight is 261 g/mol. The van der Waals surface area contributed by atoms with Gasteiger partial charge in [-0.1, -0.05) is 59.0 Å². The summed E-state index contributed by atoms with van der Waals surface area (Å²) in [5, 5.41) is 0. The van der Waals surface area contributed by atoms with Crippen molar-refractivity contribution in [2.75, 3.05) is 13.2 Å². The Kier molecular flexibility index (Phi) is 43.7. The molecule has 0 aliphatic heterocycles. The van der Waals surface area contributed by atoms with Gasteiger partial charge in [0.05, 0.1) is 0 Å². The Morgan fingerprint density at radius 2 is 1.24 bits per heavy atom. The zero-order valence-corrected chi connectivity index (χ0v) is 12.7. The van der Waals surface area contributed by atoms with Gasteiger partial charge in [0.15, 0.2) is 0 Å². The monoisotopic (exact) mass is 260 g/mol. The van der Waals surface area contributed by atoms with Gasteiger partial charge < -0.3 is 4.74 Å². The van der Waals surface area contributed by atoms with Gasteiger partial charge in [-0.25, -0.2) is 0 Å². The molecule has 0 radical (unpaired) electrons. The minimum atomic E-state index is 0.670. The van der Waals surface area contributed by atoms with E-state index < -0.39 is 0 Å². The first-order valence-corrected chi connectivity index (χ1v) is 5.97. The van der Waals surface area contributed by atoms with E-state index in [-0.39, 0.29) is 0 Å². The predicted octanol–water partition coefficient (Wildman–Crippen LogP) is 5.44. The maximum absolute atomic E-state index is 5.36. The molecule has 0 saturated heterocycles. The summed E-state index contributed by atoms with van der Waals surface area (Å²) in [6, 6.07) is 0. The third-order valence-electron chi connectivity index (χ3n) is 0.902. The Bertz CT molecular complexity index is 148. The summed E-state index contributed by atoms with van der Waals surface area (Å²) < 4.78 is 5.36.